The highest BCUT2D eigenvalue weighted by Crippen LogP contribution is 2.29. The van der Waals surface area contributed by atoms with E-state index in [1.807, 2.05) is 6.07 Å². The van der Waals surface area contributed by atoms with Gasteiger partial charge in [-0.25, -0.2) is 13.1 Å². The Morgan fingerprint density at radius 1 is 1.17 bits per heavy atom. The average molecular weight is 450 g/mol. The number of sulfonamides is 1. The molecule has 1 saturated carbocycles. The number of nitrogens with one attached hydrogen (secondary N) is 2. The predicted octanol–water partition coefficient (Wildman–Crippen LogP) is 3.83. The number of carbonyl (C=O) groups excluding carboxylic acids is 1. The zero-order valence-electron chi connectivity index (χ0n) is 15.1. The Balaban J connectivity index is 1.65. The summed E-state index contributed by atoms with van der Waals surface area (Å²) in [7, 11) is -3.52. The van der Waals surface area contributed by atoms with E-state index < -0.39 is 22.0 Å². The van der Waals surface area contributed by atoms with Crippen LogP contribution in [-0.4, -0.2) is 20.4 Å². The van der Waals surface area contributed by atoms with Gasteiger partial charge in [0.05, 0.1) is 21.0 Å². The topological polar surface area (TPSA) is 99.1 Å². The van der Waals surface area contributed by atoms with Gasteiger partial charge in [-0.3, -0.25) is 4.79 Å². The third-order valence-electron chi connectivity index (χ3n) is 4.22. The molecule has 0 aliphatic heterocycles. The van der Waals surface area contributed by atoms with Crippen LogP contribution in [0.1, 0.15) is 30.0 Å². The van der Waals surface area contributed by atoms with Crippen LogP contribution in [0.5, 0.6) is 0 Å². The number of rotatable bonds is 7. The van der Waals surface area contributed by atoms with Crippen molar-refractivity contribution in [2.75, 3.05) is 0 Å². The summed E-state index contributed by atoms with van der Waals surface area (Å²) in [5, 5.41) is 12.4. The van der Waals surface area contributed by atoms with Gasteiger partial charge in [-0.05, 0) is 42.7 Å². The van der Waals surface area contributed by atoms with Gasteiger partial charge in [0, 0.05) is 17.7 Å². The Morgan fingerprint density at radius 2 is 1.86 bits per heavy atom. The molecule has 150 valence electrons. The van der Waals surface area contributed by atoms with E-state index in [1.165, 1.54) is 24.3 Å². The van der Waals surface area contributed by atoms with Crippen LogP contribution in [-0.2, 0) is 14.8 Å². The smallest absolute Gasteiger partial charge is 0.245 e. The molecule has 2 aromatic carbocycles. The quantitative estimate of drug-likeness (QED) is 0.627. The number of halogens is 2. The van der Waals surface area contributed by atoms with Crippen LogP contribution in [0, 0.1) is 11.3 Å². The fourth-order valence-electron chi connectivity index (χ4n) is 2.53. The molecule has 0 radical (unpaired) electrons. The molecule has 1 atom stereocenters. The minimum atomic E-state index is -3.52. The summed E-state index contributed by atoms with van der Waals surface area (Å²) in [4.78, 5) is 12.4. The molecule has 0 spiro atoms. The summed E-state index contributed by atoms with van der Waals surface area (Å²) in [6.45, 7) is 0. The minimum Gasteiger partial charge on any atom is -0.333 e. The summed E-state index contributed by atoms with van der Waals surface area (Å²) in [5.41, 5.74) is 1.04. The van der Waals surface area contributed by atoms with E-state index in [-0.39, 0.29) is 16.0 Å². The molecule has 0 saturated heterocycles. The molecule has 0 aromatic heterocycles. The Bertz CT molecular complexity index is 1090. The molecule has 1 aliphatic carbocycles. The molecule has 29 heavy (non-hydrogen) atoms. The molecule has 3 rings (SSSR count). The molecule has 1 aliphatic rings. The first-order valence-corrected chi connectivity index (χ1v) is 11.0. The highest BCUT2D eigenvalue weighted by atomic mass is 35.5. The average Bonchev–Trinajstić information content (AvgIpc) is 3.50. The lowest BCUT2D eigenvalue weighted by Crippen LogP contribution is -2.26. The maximum atomic E-state index is 12.2. The van der Waals surface area contributed by atoms with Crippen molar-refractivity contribution in [3.05, 3.63) is 69.7 Å². The standard InChI is InChI=1S/C20H17Cl2N3O3S/c21-17-3-1-2-16(20(17)22)18(12-23)24-19(26)11-6-13-4-9-15(10-5-13)29(27,28)25-14-7-8-14/h1-6,9-11,14,18,25H,7-8H2,(H,24,26). The van der Waals surface area contributed by atoms with Crippen LogP contribution in [0.3, 0.4) is 0 Å². The van der Waals surface area contributed by atoms with Crippen molar-refractivity contribution in [2.45, 2.75) is 29.8 Å². The monoisotopic (exact) mass is 449 g/mol. The number of hydrogen-bond donors (Lipinski definition) is 2. The van der Waals surface area contributed by atoms with Crippen molar-refractivity contribution in [3.63, 3.8) is 0 Å². The molecule has 2 aromatic rings. The number of hydrogen-bond acceptors (Lipinski definition) is 4. The van der Waals surface area contributed by atoms with Gasteiger partial charge in [0.25, 0.3) is 0 Å². The normalized spacial score (nSPS) is 15.1. The maximum Gasteiger partial charge on any atom is 0.245 e. The number of carbonyl (C=O) groups is 1. The molecule has 0 bridgehead atoms. The molecule has 1 amide bonds. The van der Waals surface area contributed by atoms with E-state index in [0.717, 1.165) is 12.8 Å². The lowest BCUT2D eigenvalue weighted by Gasteiger charge is -2.12. The van der Waals surface area contributed by atoms with Crippen molar-refractivity contribution in [1.82, 2.24) is 10.0 Å². The molecule has 2 N–H and O–H groups in total. The van der Waals surface area contributed by atoms with Gasteiger partial charge in [0.15, 0.2) is 0 Å². The van der Waals surface area contributed by atoms with Crippen molar-refractivity contribution in [1.29, 1.82) is 5.26 Å². The molecular weight excluding hydrogens is 433 g/mol. The van der Waals surface area contributed by atoms with Crippen molar-refractivity contribution >= 4 is 45.2 Å². The second-order valence-corrected chi connectivity index (χ2v) is 9.01. The van der Waals surface area contributed by atoms with E-state index in [4.69, 9.17) is 23.2 Å². The molecular formula is C20H17Cl2N3O3S. The first kappa shape index (κ1) is 21.3. The molecule has 6 nitrogen and oxygen atoms in total. The molecule has 1 fully saturated rings. The maximum absolute atomic E-state index is 12.2. The van der Waals surface area contributed by atoms with E-state index in [2.05, 4.69) is 10.0 Å². The summed E-state index contributed by atoms with van der Waals surface area (Å²) in [6.07, 6.45) is 4.50. The van der Waals surface area contributed by atoms with Gasteiger partial charge in [0.2, 0.25) is 15.9 Å². The van der Waals surface area contributed by atoms with Crippen LogP contribution in [0.25, 0.3) is 6.08 Å². The summed E-state index contributed by atoms with van der Waals surface area (Å²) in [5.74, 6) is -0.500. The Hall–Kier alpha value is -2.37. The Labute approximate surface area is 179 Å². The van der Waals surface area contributed by atoms with Gasteiger partial charge in [-0.1, -0.05) is 47.5 Å². The van der Waals surface area contributed by atoms with Gasteiger partial charge >= 0.3 is 0 Å². The van der Waals surface area contributed by atoms with Gasteiger partial charge in [0.1, 0.15) is 6.04 Å². The lowest BCUT2D eigenvalue weighted by atomic mass is 10.1. The van der Waals surface area contributed by atoms with Crippen LogP contribution in [0.4, 0.5) is 0 Å². The zero-order valence-corrected chi connectivity index (χ0v) is 17.4. The third kappa shape index (κ3) is 5.58. The molecule has 9 heteroatoms. The predicted molar refractivity (Wildman–Crippen MR) is 112 cm³/mol. The zero-order chi connectivity index (χ0) is 21.0. The van der Waals surface area contributed by atoms with Crippen LogP contribution in [0.2, 0.25) is 10.0 Å². The molecule has 1 unspecified atom stereocenters. The van der Waals surface area contributed by atoms with E-state index >= 15 is 0 Å². The second kappa shape index (κ2) is 8.97. The van der Waals surface area contributed by atoms with Gasteiger partial charge in [-0.2, -0.15) is 5.26 Å². The Morgan fingerprint density at radius 3 is 2.48 bits per heavy atom. The van der Waals surface area contributed by atoms with E-state index in [9.17, 15) is 18.5 Å². The SMILES string of the molecule is N#CC(NC(=O)C=Cc1ccc(S(=O)(=O)NC2CC2)cc1)c1cccc(Cl)c1Cl. The second-order valence-electron chi connectivity index (χ2n) is 6.51. The fraction of sp³-hybridized carbons (Fsp3) is 0.200. The summed E-state index contributed by atoms with van der Waals surface area (Å²) >= 11 is 12.1. The summed E-state index contributed by atoms with van der Waals surface area (Å²) in [6, 6.07) is 12.0. The molecule has 0 heterocycles. The minimum absolute atomic E-state index is 0.0318. The van der Waals surface area contributed by atoms with Crippen molar-refractivity contribution < 1.29 is 13.2 Å². The number of nitriles is 1. The van der Waals surface area contributed by atoms with Crippen molar-refractivity contribution in [2.24, 2.45) is 0 Å². The largest absolute Gasteiger partial charge is 0.333 e. The fourth-order valence-corrected chi connectivity index (χ4v) is 4.25. The highest BCUT2D eigenvalue weighted by molar-refractivity contribution is 7.89. The van der Waals surface area contributed by atoms with Crippen LogP contribution < -0.4 is 10.0 Å². The summed E-state index contributed by atoms with van der Waals surface area (Å²) < 4.78 is 26.9. The van der Waals surface area contributed by atoms with Gasteiger partial charge < -0.3 is 5.32 Å². The van der Waals surface area contributed by atoms with Crippen LogP contribution in [0.15, 0.2) is 53.4 Å². The number of benzene rings is 2. The van der Waals surface area contributed by atoms with Crippen molar-refractivity contribution in [3.8, 4) is 6.07 Å². The first-order chi connectivity index (χ1) is 13.8. The van der Waals surface area contributed by atoms with Gasteiger partial charge in [-0.15, -0.1) is 0 Å². The Kier molecular flexibility index (Phi) is 6.60. The number of nitrogens with zero attached hydrogens (tertiary/aromatic N) is 1. The lowest BCUT2D eigenvalue weighted by molar-refractivity contribution is -0.116. The van der Waals surface area contributed by atoms with E-state index in [1.54, 1.807) is 30.3 Å². The highest BCUT2D eigenvalue weighted by Gasteiger charge is 2.27. The first-order valence-electron chi connectivity index (χ1n) is 8.74. The number of amides is 1. The third-order valence-corrected chi connectivity index (χ3v) is 6.59. The van der Waals surface area contributed by atoms with E-state index in [0.29, 0.717) is 16.1 Å². The van der Waals surface area contributed by atoms with Crippen LogP contribution >= 0.6 is 23.2 Å².